The van der Waals surface area contributed by atoms with Gasteiger partial charge in [-0.25, -0.2) is 13.2 Å². The Morgan fingerprint density at radius 3 is 2.08 bits per heavy atom. The average Bonchev–Trinajstić information content (AvgIpc) is 2.97. The average molecular weight is 535 g/mol. The molecule has 1 fully saturated rings. The van der Waals surface area contributed by atoms with Crippen molar-refractivity contribution in [2.75, 3.05) is 6.61 Å². The van der Waals surface area contributed by atoms with E-state index >= 15 is 8.78 Å². The monoisotopic (exact) mass is 534 g/mol. The zero-order valence-electron chi connectivity index (χ0n) is 23.2. The summed E-state index contributed by atoms with van der Waals surface area (Å²) in [5.74, 6) is -1.76. The number of ether oxygens (including phenoxy) is 1. The third kappa shape index (κ3) is 7.63. The molecule has 4 heteroatoms. The summed E-state index contributed by atoms with van der Waals surface area (Å²) in [5.41, 5.74) is 3.52. The quantitative estimate of drug-likeness (QED) is 0.157. The Balaban J connectivity index is 1.36. The van der Waals surface area contributed by atoms with Crippen molar-refractivity contribution in [3.8, 4) is 22.3 Å². The highest BCUT2D eigenvalue weighted by molar-refractivity contribution is 5.71. The minimum absolute atomic E-state index is 0.0361. The minimum Gasteiger partial charge on any atom is -0.374 e. The normalized spacial score (nSPS) is 17.3. The van der Waals surface area contributed by atoms with Gasteiger partial charge in [-0.2, -0.15) is 0 Å². The van der Waals surface area contributed by atoms with Gasteiger partial charge in [-0.05, 0) is 59.6 Å². The van der Waals surface area contributed by atoms with Crippen molar-refractivity contribution in [3.05, 3.63) is 95.8 Å². The Kier molecular flexibility index (Phi) is 10.8. The van der Waals surface area contributed by atoms with Gasteiger partial charge in [0.15, 0.2) is 11.6 Å². The van der Waals surface area contributed by atoms with E-state index < -0.39 is 11.6 Å². The summed E-state index contributed by atoms with van der Waals surface area (Å²) < 4.78 is 50.6. The van der Waals surface area contributed by atoms with Crippen molar-refractivity contribution in [3.63, 3.8) is 0 Å². The fraction of sp³-hybridized carbons (Fsp3) is 0.429. The molecular formula is C35H41F3O. The molecule has 3 aromatic carbocycles. The van der Waals surface area contributed by atoms with Crippen molar-refractivity contribution in [1.82, 2.24) is 0 Å². The van der Waals surface area contributed by atoms with Crippen LogP contribution in [0, 0.1) is 17.5 Å². The summed E-state index contributed by atoms with van der Waals surface area (Å²) in [7, 11) is 0. The van der Waals surface area contributed by atoms with Crippen molar-refractivity contribution in [2.45, 2.75) is 89.6 Å². The van der Waals surface area contributed by atoms with E-state index in [0.717, 1.165) is 43.2 Å². The zero-order valence-corrected chi connectivity index (χ0v) is 23.2. The number of aryl methyl sites for hydroxylation is 1. The van der Waals surface area contributed by atoms with Gasteiger partial charge in [-0.1, -0.05) is 106 Å². The SMILES string of the molecule is C=CC1CCC(c2ccc(-c3ccc(-c4ccc(CCCCCCCCCC)c(F)c4F)cc3)cc2F)CO1. The van der Waals surface area contributed by atoms with E-state index in [-0.39, 0.29) is 23.4 Å². The molecule has 0 aliphatic carbocycles. The maximum atomic E-state index is 15.0. The molecular weight excluding hydrogens is 493 g/mol. The largest absolute Gasteiger partial charge is 0.374 e. The third-order valence-corrected chi connectivity index (χ3v) is 8.01. The smallest absolute Gasteiger partial charge is 0.166 e. The highest BCUT2D eigenvalue weighted by atomic mass is 19.2. The van der Waals surface area contributed by atoms with E-state index in [1.54, 1.807) is 36.4 Å². The third-order valence-electron chi connectivity index (χ3n) is 8.01. The fourth-order valence-corrected chi connectivity index (χ4v) is 5.54. The molecule has 4 rings (SSSR count). The summed E-state index contributed by atoms with van der Waals surface area (Å²) in [5, 5.41) is 0. The lowest BCUT2D eigenvalue weighted by Crippen LogP contribution is -2.23. The molecule has 1 nitrogen and oxygen atoms in total. The summed E-state index contributed by atoms with van der Waals surface area (Å²) in [6.07, 6.45) is 13.5. The predicted molar refractivity (Wildman–Crippen MR) is 155 cm³/mol. The summed E-state index contributed by atoms with van der Waals surface area (Å²) in [6, 6.07) is 15.9. The van der Waals surface area contributed by atoms with Crippen LogP contribution in [0.25, 0.3) is 22.3 Å². The molecule has 0 radical (unpaired) electrons. The first-order valence-electron chi connectivity index (χ1n) is 14.6. The Bertz CT molecular complexity index is 1210. The number of unbranched alkanes of at least 4 members (excludes halogenated alkanes) is 7. The number of halogens is 3. The molecule has 1 heterocycles. The van der Waals surface area contributed by atoms with Crippen molar-refractivity contribution in [2.24, 2.45) is 0 Å². The number of hydrogen-bond donors (Lipinski definition) is 0. The molecule has 0 aromatic heterocycles. The van der Waals surface area contributed by atoms with E-state index in [0.29, 0.717) is 29.7 Å². The van der Waals surface area contributed by atoms with Crippen molar-refractivity contribution >= 4 is 0 Å². The first-order chi connectivity index (χ1) is 19.0. The van der Waals surface area contributed by atoms with Crippen LogP contribution in [-0.4, -0.2) is 12.7 Å². The van der Waals surface area contributed by atoms with Crippen LogP contribution in [-0.2, 0) is 11.2 Å². The zero-order chi connectivity index (χ0) is 27.6. The second-order valence-corrected chi connectivity index (χ2v) is 10.8. The predicted octanol–water partition coefficient (Wildman–Crippen LogP) is 10.6. The van der Waals surface area contributed by atoms with Crippen molar-refractivity contribution in [1.29, 1.82) is 0 Å². The van der Waals surface area contributed by atoms with Crippen LogP contribution >= 0.6 is 0 Å². The molecule has 0 saturated carbocycles. The van der Waals surface area contributed by atoms with Crippen LogP contribution < -0.4 is 0 Å². The van der Waals surface area contributed by atoms with Gasteiger partial charge in [0, 0.05) is 11.5 Å². The lowest BCUT2D eigenvalue weighted by atomic mass is 9.89. The van der Waals surface area contributed by atoms with E-state index in [9.17, 15) is 4.39 Å². The van der Waals surface area contributed by atoms with Crippen LogP contribution in [0.1, 0.15) is 88.2 Å². The van der Waals surface area contributed by atoms with Gasteiger partial charge in [0.2, 0.25) is 0 Å². The Morgan fingerprint density at radius 1 is 0.769 bits per heavy atom. The second kappa shape index (κ2) is 14.5. The highest BCUT2D eigenvalue weighted by Crippen LogP contribution is 2.34. The van der Waals surface area contributed by atoms with Crippen LogP contribution in [0.2, 0.25) is 0 Å². The molecule has 0 spiro atoms. The summed E-state index contributed by atoms with van der Waals surface area (Å²) in [4.78, 5) is 0. The van der Waals surface area contributed by atoms with Crippen LogP contribution in [0.5, 0.6) is 0 Å². The fourth-order valence-electron chi connectivity index (χ4n) is 5.54. The maximum absolute atomic E-state index is 15.0. The molecule has 3 aromatic rings. The minimum atomic E-state index is -0.802. The molecule has 0 bridgehead atoms. The molecule has 0 N–H and O–H groups in total. The molecule has 1 aliphatic heterocycles. The first-order valence-corrected chi connectivity index (χ1v) is 14.6. The molecule has 208 valence electrons. The molecule has 2 atom stereocenters. The second-order valence-electron chi connectivity index (χ2n) is 10.8. The Morgan fingerprint density at radius 2 is 1.44 bits per heavy atom. The van der Waals surface area contributed by atoms with Crippen LogP contribution in [0.4, 0.5) is 13.2 Å². The lowest BCUT2D eigenvalue weighted by molar-refractivity contribution is 0.0321. The van der Waals surface area contributed by atoms with Gasteiger partial charge in [0.25, 0.3) is 0 Å². The molecule has 39 heavy (non-hydrogen) atoms. The van der Waals surface area contributed by atoms with Gasteiger partial charge in [-0.15, -0.1) is 6.58 Å². The molecule has 1 aliphatic rings. The molecule has 0 amide bonds. The van der Waals surface area contributed by atoms with Gasteiger partial charge in [0.1, 0.15) is 5.82 Å². The number of benzene rings is 3. The maximum Gasteiger partial charge on any atom is 0.166 e. The topological polar surface area (TPSA) is 9.23 Å². The van der Waals surface area contributed by atoms with Crippen LogP contribution in [0.3, 0.4) is 0 Å². The van der Waals surface area contributed by atoms with Crippen LogP contribution in [0.15, 0.2) is 67.3 Å². The summed E-state index contributed by atoms with van der Waals surface area (Å²) in [6.45, 7) is 6.47. The standard InChI is InChI=1S/C35H41F3O/c1-3-5-6-7-8-9-10-11-12-27-18-22-32(35(38)34(27)37)26-15-13-25(14-16-26)28-19-21-31(33(36)23-28)29-17-20-30(4-2)39-24-29/h4,13-16,18-19,21-23,29-30H,2-3,5-12,17,20,24H2,1H3. The van der Waals surface area contributed by atoms with Gasteiger partial charge in [-0.3, -0.25) is 0 Å². The van der Waals surface area contributed by atoms with E-state index in [2.05, 4.69) is 13.5 Å². The molecule has 2 unspecified atom stereocenters. The van der Waals surface area contributed by atoms with Crippen molar-refractivity contribution < 1.29 is 17.9 Å². The van der Waals surface area contributed by atoms with E-state index in [1.807, 2.05) is 24.3 Å². The Labute approximate surface area is 232 Å². The van der Waals surface area contributed by atoms with Gasteiger partial charge >= 0.3 is 0 Å². The van der Waals surface area contributed by atoms with E-state index in [1.165, 1.54) is 32.1 Å². The van der Waals surface area contributed by atoms with E-state index in [4.69, 9.17) is 4.74 Å². The lowest BCUT2D eigenvalue weighted by Gasteiger charge is -2.27. The number of hydrogen-bond acceptors (Lipinski definition) is 1. The van der Waals surface area contributed by atoms with Gasteiger partial charge in [0.05, 0.1) is 12.7 Å². The number of rotatable bonds is 13. The molecule has 1 saturated heterocycles. The van der Waals surface area contributed by atoms with Gasteiger partial charge < -0.3 is 4.74 Å². The Hall–Kier alpha value is -2.85. The summed E-state index contributed by atoms with van der Waals surface area (Å²) >= 11 is 0. The highest BCUT2D eigenvalue weighted by Gasteiger charge is 2.23. The first kappa shape index (κ1) is 29.1.